The molecule has 32 heavy (non-hydrogen) atoms. The van der Waals surface area contributed by atoms with Crippen molar-refractivity contribution in [3.05, 3.63) is 80.8 Å². The van der Waals surface area contributed by atoms with Gasteiger partial charge in [-0.1, -0.05) is 48.9 Å². The molecule has 1 unspecified atom stereocenters. The van der Waals surface area contributed by atoms with Crippen molar-refractivity contribution in [2.45, 2.75) is 32.1 Å². The van der Waals surface area contributed by atoms with Crippen LogP contribution in [0, 0.1) is 0 Å². The first kappa shape index (κ1) is 24.1. The number of carbonyl (C=O) groups excluding carboxylic acids is 1. The van der Waals surface area contributed by atoms with E-state index in [0.29, 0.717) is 11.4 Å². The van der Waals surface area contributed by atoms with Gasteiger partial charge in [0.2, 0.25) is 5.91 Å². The average molecular weight is 492 g/mol. The van der Waals surface area contributed by atoms with Gasteiger partial charge in [-0.15, -0.1) is 11.3 Å². The number of aliphatic imine (C=N–C) groups is 1. The van der Waals surface area contributed by atoms with Gasteiger partial charge in [0.15, 0.2) is 0 Å². The number of carbonyl (C=O) groups is 1. The van der Waals surface area contributed by atoms with Gasteiger partial charge >= 0.3 is 10.3 Å². The summed E-state index contributed by atoms with van der Waals surface area (Å²) in [5, 5.41) is 3.36. The summed E-state index contributed by atoms with van der Waals surface area (Å²) in [5.41, 5.74) is 2.84. The van der Waals surface area contributed by atoms with Gasteiger partial charge in [0.25, 0.3) is 0 Å². The number of amides is 1. The Labute approximate surface area is 196 Å². The fourth-order valence-electron chi connectivity index (χ4n) is 2.99. The maximum Gasteiger partial charge on any atom is 0.357 e. The van der Waals surface area contributed by atoms with Crippen LogP contribution in [0.25, 0.3) is 0 Å². The summed E-state index contributed by atoms with van der Waals surface area (Å²) in [6.45, 7) is 2.02. The van der Waals surface area contributed by atoms with E-state index in [-0.39, 0.29) is 23.9 Å². The Morgan fingerprint density at radius 2 is 1.97 bits per heavy atom. The number of benzene rings is 2. The maximum atomic E-state index is 12.4. The molecule has 0 aliphatic carbocycles. The number of rotatable bonds is 9. The molecule has 1 atom stereocenters. The molecule has 0 spiro atoms. The zero-order valence-electron chi connectivity index (χ0n) is 17.2. The number of anilines is 1. The van der Waals surface area contributed by atoms with E-state index in [1.54, 1.807) is 48.7 Å². The molecule has 168 valence electrons. The largest absolute Gasteiger partial charge is 0.357 e. The Kier molecular flexibility index (Phi) is 8.14. The Hall–Kier alpha value is -2.59. The molecule has 3 rings (SSSR count). The summed E-state index contributed by atoms with van der Waals surface area (Å²) in [6, 6.07) is 13.8. The van der Waals surface area contributed by atoms with E-state index in [0.717, 1.165) is 28.2 Å². The van der Waals surface area contributed by atoms with Crippen LogP contribution in [-0.4, -0.2) is 30.1 Å². The predicted octanol–water partition coefficient (Wildman–Crippen LogP) is 4.74. The van der Waals surface area contributed by atoms with Crippen LogP contribution in [0.2, 0.25) is 5.02 Å². The van der Waals surface area contributed by atoms with Gasteiger partial charge in [-0.3, -0.25) is 14.1 Å². The number of nitrogens with zero attached hydrogens (tertiary/aromatic N) is 2. The van der Waals surface area contributed by atoms with Gasteiger partial charge in [-0.05, 0) is 42.2 Å². The fraction of sp³-hybridized carbons (Fsp3) is 0.227. The number of halogens is 1. The molecule has 0 aliphatic heterocycles. The summed E-state index contributed by atoms with van der Waals surface area (Å²) in [6.07, 6.45) is 3.05. The van der Waals surface area contributed by atoms with Crippen LogP contribution in [-0.2, 0) is 34.4 Å². The van der Waals surface area contributed by atoms with E-state index in [1.807, 2.05) is 23.1 Å². The van der Waals surface area contributed by atoms with Gasteiger partial charge in [0, 0.05) is 16.6 Å². The first-order valence-corrected chi connectivity index (χ1v) is 12.5. The highest BCUT2D eigenvalue weighted by molar-refractivity contribution is 7.87. The molecule has 0 aliphatic rings. The zero-order valence-corrected chi connectivity index (χ0v) is 19.6. The first-order chi connectivity index (χ1) is 15.2. The molecule has 1 aromatic heterocycles. The van der Waals surface area contributed by atoms with E-state index < -0.39 is 10.3 Å². The molecule has 1 heterocycles. The molecule has 3 aromatic rings. The topological polar surface area (TPSA) is 109 Å². The van der Waals surface area contributed by atoms with Crippen molar-refractivity contribution in [2.24, 2.45) is 4.99 Å². The third kappa shape index (κ3) is 7.23. The summed E-state index contributed by atoms with van der Waals surface area (Å²) in [7, 11) is -4.33. The highest BCUT2D eigenvalue weighted by Gasteiger charge is 2.16. The molecule has 7 nitrogen and oxygen atoms in total. The molecule has 2 aromatic carbocycles. The van der Waals surface area contributed by atoms with Crippen LogP contribution >= 0.6 is 22.9 Å². The van der Waals surface area contributed by atoms with Crippen LogP contribution in [0.3, 0.4) is 0 Å². The Balaban J connectivity index is 1.77. The molecular weight excluding hydrogens is 470 g/mol. The third-order valence-corrected chi connectivity index (χ3v) is 6.49. The quantitative estimate of drug-likeness (QED) is 0.332. The van der Waals surface area contributed by atoms with Gasteiger partial charge in [0.1, 0.15) is 5.01 Å². The van der Waals surface area contributed by atoms with Gasteiger partial charge < -0.3 is 0 Å². The summed E-state index contributed by atoms with van der Waals surface area (Å²) in [5.74, 6) is -0.529. The fourth-order valence-corrected chi connectivity index (χ4v) is 4.60. The molecular formula is C22H22ClN3O4S2. The number of thiazole rings is 1. The van der Waals surface area contributed by atoms with Crippen LogP contribution in [0.5, 0.6) is 0 Å². The van der Waals surface area contributed by atoms with E-state index in [1.165, 1.54) is 11.3 Å². The van der Waals surface area contributed by atoms with Crippen LogP contribution in [0.4, 0.5) is 5.69 Å². The second-order valence-corrected chi connectivity index (χ2v) is 9.51. The Morgan fingerprint density at radius 1 is 1.25 bits per heavy atom. The van der Waals surface area contributed by atoms with Gasteiger partial charge in [-0.25, -0.2) is 9.98 Å². The SMILES string of the molecule is CCc1csc(C(C=NC(=O)Cc2ccccc2Cl)Cc2ccc(NS(=O)(=O)O)cc2)n1. The average Bonchev–Trinajstić information content (AvgIpc) is 3.22. The molecule has 2 N–H and O–H groups in total. The predicted molar refractivity (Wildman–Crippen MR) is 128 cm³/mol. The van der Waals surface area contributed by atoms with Gasteiger partial charge in [0.05, 0.1) is 23.7 Å². The number of hydrogen-bond acceptors (Lipinski definition) is 5. The molecule has 0 fully saturated rings. The highest BCUT2D eigenvalue weighted by atomic mass is 35.5. The van der Waals surface area contributed by atoms with Crippen LogP contribution < -0.4 is 4.72 Å². The van der Waals surface area contributed by atoms with Crippen molar-refractivity contribution in [3.63, 3.8) is 0 Å². The highest BCUT2D eigenvalue weighted by Crippen LogP contribution is 2.25. The normalized spacial score (nSPS) is 12.7. The molecule has 0 saturated heterocycles. The number of hydrogen-bond donors (Lipinski definition) is 2. The lowest BCUT2D eigenvalue weighted by molar-refractivity contribution is -0.117. The van der Waals surface area contributed by atoms with E-state index in [9.17, 15) is 13.2 Å². The molecule has 0 bridgehead atoms. The minimum absolute atomic E-state index is 0.108. The number of nitrogens with one attached hydrogen (secondary N) is 1. The zero-order chi connectivity index (χ0) is 23.1. The monoisotopic (exact) mass is 491 g/mol. The summed E-state index contributed by atoms with van der Waals surface area (Å²) in [4.78, 5) is 21.2. The first-order valence-electron chi connectivity index (χ1n) is 9.82. The van der Waals surface area contributed by atoms with Crippen molar-refractivity contribution in [1.29, 1.82) is 0 Å². The lowest BCUT2D eigenvalue weighted by atomic mass is 10.0. The standard InChI is InChI=1S/C22H22ClN3O4S2/c1-2-18-14-31-22(25-18)17(11-15-7-9-19(10-8-15)26-32(28,29)30)13-24-21(27)12-16-5-3-4-6-20(16)23/h3-10,13-14,17,26H,2,11-12H2,1H3,(H,28,29,30). The van der Waals surface area contributed by atoms with Crippen LogP contribution in [0.1, 0.15) is 34.7 Å². The number of aromatic nitrogens is 1. The van der Waals surface area contributed by atoms with E-state index in [2.05, 4.69) is 9.98 Å². The second-order valence-electron chi connectivity index (χ2n) is 7.06. The minimum atomic E-state index is -4.33. The lowest BCUT2D eigenvalue weighted by Crippen LogP contribution is -2.10. The van der Waals surface area contributed by atoms with Crippen molar-refractivity contribution >= 4 is 51.1 Å². The smallest absolute Gasteiger partial charge is 0.272 e. The van der Waals surface area contributed by atoms with Crippen molar-refractivity contribution in [1.82, 2.24) is 4.98 Å². The maximum absolute atomic E-state index is 12.4. The summed E-state index contributed by atoms with van der Waals surface area (Å²) < 4.78 is 32.8. The molecule has 1 amide bonds. The Bertz CT molecular complexity index is 1210. The Morgan fingerprint density at radius 3 is 2.59 bits per heavy atom. The molecule has 10 heteroatoms. The minimum Gasteiger partial charge on any atom is -0.272 e. The molecule has 0 saturated carbocycles. The van der Waals surface area contributed by atoms with Gasteiger partial charge in [-0.2, -0.15) is 8.42 Å². The second kappa shape index (κ2) is 10.8. The van der Waals surface area contributed by atoms with E-state index in [4.69, 9.17) is 16.2 Å². The van der Waals surface area contributed by atoms with Crippen LogP contribution in [0.15, 0.2) is 58.9 Å². The van der Waals surface area contributed by atoms with E-state index >= 15 is 0 Å². The van der Waals surface area contributed by atoms with Crippen molar-refractivity contribution < 1.29 is 17.8 Å². The third-order valence-electron chi connectivity index (χ3n) is 4.60. The van der Waals surface area contributed by atoms with Crippen molar-refractivity contribution in [3.8, 4) is 0 Å². The van der Waals surface area contributed by atoms with Crippen molar-refractivity contribution in [2.75, 3.05) is 4.72 Å². The lowest BCUT2D eigenvalue weighted by Gasteiger charge is -2.10. The summed E-state index contributed by atoms with van der Waals surface area (Å²) >= 11 is 7.65. The number of aryl methyl sites for hydroxylation is 1. The molecule has 0 radical (unpaired) electrons.